The van der Waals surface area contributed by atoms with E-state index >= 15 is 0 Å². The zero-order valence-corrected chi connectivity index (χ0v) is 10.8. The Bertz CT molecular complexity index is 472. The number of hydrogen-bond donors (Lipinski definition) is 2. The molecule has 1 aromatic rings. The molecule has 0 saturated heterocycles. The number of phenolic OH excluding ortho intramolecular Hbond substituents is 1. The van der Waals surface area contributed by atoms with E-state index in [0.29, 0.717) is 29.6 Å². The van der Waals surface area contributed by atoms with Gasteiger partial charge in [-0.1, -0.05) is 18.3 Å². The second-order valence-corrected chi connectivity index (χ2v) is 5.02. The Labute approximate surface area is 111 Å². The molecule has 1 saturated carbocycles. The molecule has 5 heteroatoms. The Balaban J connectivity index is 2.10. The molecule has 1 aliphatic rings. The van der Waals surface area contributed by atoms with E-state index in [1.165, 1.54) is 6.07 Å². The van der Waals surface area contributed by atoms with Crippen molar-refractivity contribution < 1.29 is 9.90 Å². The van der Waals surface area contributed by atoms with E-state index < -0.39 is 0 Å². The number of nitrogens with zero attached hydrogens (tertiary/aromatic N) is 1. The second kappa shape index (κ2) is 5.35. The Hall–Kier alpha value is -1.62. The minimum absolute atomic E-state index is 0.0651. The van der Waals surface area contributed by atoms with E-state index in [0.717, 1.165) is 12.8 Å². The fourth-order valence-electron chi connectivity index (χ4n) is 1.87. The predicted molar refractivity (Wildman–Crippen MR) is 73.6 cm³/mol. The molecule has 0 unspecified atom stereocenters. The van der Waals surface area contributed by atoms with Gasteiger partial charge < -0.3 is 15.7 Å². The van der Waals surface area contributed by atoms with Crippen LogP contribution < -0.4 is 5.73 Å². The SMILES string of the molecule is NC(=S)CCN(C(=O)c1cccc(O)c1)C1CC1. The maximum Gasteiger partial charge on any atom is 0.254 e. The van der Waals surface area contributed by atoms with Crippen molar-refractivity contribution in [2.24, 2.45) is 5.73 Å². The van der Waals surface area contributed by atoms with Gasteiger partial charge >= 0.3 is 0 Å². The van der Waals surface area contributed by atoms with Gasteiger partial charge in [0.2, 0.25) is 0 Å². The number of phenols is 1. The van der Waals surface area contributed by atoms with Crippen molar-refractivity contribution in [1.29, 1.82) is 0 Å². The lowest BCUT2D eigenvalue weighted by Crippen LogP contribution is -2.35. The van der Waals surface area contributed by atoms with Gasteiger partial charge in [-0.25, -0.2) is 0 Å². The largest absolute Gasteiger partial charge is 0.508 e. The quantitative estimate of drug-likeness (QED) is 0.794. The van der Waals surface area contributed by atoms with Crippen molar-refractivity contribution in [3.63, 3.8) is 0 Å². The number of amides is 1. The van der Waals surface area contributed by atoms with Crippen LogP contribution in [0.4, 0.5) is 0 Å². The highest BCUT2D eigenvalue weighted by Crippen LogP contribution is 2.28. The number of thiocarbonyl (C=S) groups is 1. The summed E-state index contributed by atoms with van der Waals surface area (Å²) in [5.74, 6) is 0.0376. The lowest BCUT2D eigenvalue weighted by Gasteiger charge is -2.22. The van der Waals surface area contributed by atoms with Gasteiger partial charge in [0.25, 0.3) is 5.91 Å². The summed E-state index contributed by atoms with van der Waals surface area (Å²) in [6.45, 7) is 0.550. The van der Waals surface area contributed by atoms with Crippen LogP contribution >= 0.6 is 12.2 Å². The van der Waals surface area contributed by atoms with Gasteiger partial charge in [-0.2, -0.15) is 0 Å². The maximum absolute atomic E-state index is 12.3. The van der Waals surface area contributed by atoms with Crippen molar-refractivity contribution in [2.45, 2.75) is 25.3 Å². The predicted octanol–water partition coefficient (Wildman–Crippen LogP) is 1.67. The molecule has 1 fully saturated rings. The molecule has 0 aromatic heterocycles. The average Bonchev–Trinajstić information content (AvgIpc) is 3.13. The average molecular weight is 264 g/mol. The first-order valence-corrected chi connectivity index (χ1v) is 6.37. The van der Waals surface area contributed by atoms with Crippen LogP contribution in [0.5, 0.6) is 5.75 Å². The summed E-state index contributed by atoms with van der Waals surface area (Å²) in [7, 11) is 0. The number of carbonyl (C=O) groups is 1. The smallest absolute Gasteiger partial charge is 0.254 e. The number of benzene rings is 1. The molecule has 0 aliphatic heterocycles. The van der Waals surface area contributed by atoms with Gasteiger partial charge in [0, 0.05) is 24.6 Å². The number of hydrogen-bond acceptors (Lipinski definition) is 3. The number of nitrogens with two attached hydrogens (primary N) is 1. The van der Waals surface area contributed by atoms with Crippen LogP contribution in [0, 0.1) is 0 Å². The van der Waals surface area contributed by atoms with Gasteiger partial charge in [-0.3, -0.25) is 4.79 Å². The number of aromatic hydroxyl groups is 1. The molecular formula is C13H16N2O2S. The Morgan fingerprint density at radius 3 is 2.78 bits per heavy atom. The van der Waals surface area contributed by atoms with Crippen LogP contribution in [0.25, 0.3) is 0 Å². The third-order valence-electron chi connectivity index (χ3n) is 2.94. The van der Waals surface area contributed by atoms with Crippen molar-refractivity contribution in [1.82, 2.24) is 4.90 Å². The van der Waals surface area contributed by atoms with Gasteiger partial charge in [-0.05, 0) is 31.0 Å². The number of carbonyl (C=O) groups excluding carboxylic acids is 1. The highest BCUT2D eigenvalue weighted by molar-refractivity contribution is 7.80. The first-order chi connectivity index (χ1) is 8.58. The third-order valence-corrected chi connectivity index (χ3v) is 3.14. The first kappa shape index (κ1) is 12.8. The Morgan fingerprint density at radius 2 is 2.22 bits per heavy atom. The lowest BCUT2D eigenvalue weighted by molar-refractivity contribution is 0.0747. The molecular weight excluding hydrogens is 248 g/mol. The molecule has 0 heterocycles. The van der Waals surface area contributed by atoms with E-state index in [1.54, 1.807) is 23.1 Å². The highest BCUT2D eigenvalue weighted by atomic mass is 32.1. The zero-order valence-electron chi connectivity index (χ0n) is 10.0. The van der Waals surface area contributed by atoms with Gasteiger partial charge in [0.05, 0.1) is 4.99 Å². The van der Waals surface area contributed by atoms with E-state index in [2.05, 4.69) is 0 Å². The Morgan fingerprint density at radius 1 is 1.50 bits per heavy atom. The van der Waals surface area contributed by atoms with Crippen molar-refractivity contribution in [3.05, 3.63) is 29.8 Å². The topological polar surface area (TPSA) is 66.6 Å². The number of rotatable bonds is 5. The van der Waals surface area contributed by atoms with Crippen LogP contribution in [0.2, 0.25) is 0 Å². The standard InChI is InChI=1S/C13H16N2O2S/c14-12(18)6-7-15(10-4-5-10)13(17)9-2-1-3-11(16)8-9/h1-3,8,10,16H,4-7H2,(H2,14,18). The minimum Gasteiger partial charge on any atom is -0.508 e. The van der Waals surface area contributed by atoms with Crippen LogP contribution in [0.3, 0.4) is 0 Å². The van der Waals surface area contributed by atoms with E-state index in [1.807, 2.05) is 0 Å². The molecule has 3 N–H and O–H groups in total. The van der Waals surface area contributed by atoms with E-state index in [4.69, 9.17) is 18.0 Å². The molecule has 0 radical (unpaired) electrons. The zero-order chi connectivity index (χ0) is 13.1. The molecule has 1 aromatic carbocycles. The van der Waals surface area contributed by atoms with Crippen molar-refractivity contribution in [3.8, 4) is 5.75 Å². The molecule has 1 amide bonds. The summed E-state index contributed by atoms with van der Waals surface area (Å²) in [5.41, 5.74) is 5.98. The van der Waals surface area contributed by atoms with E-state index in [-0.39, 0.29) is 11.7 Å². The van der Waals surface area contributed by atoms with Gasteiger partial charge in [-0.15, -0.1) is 0 Å². The molecule has 0 atom stereocenters. The van der Waals surface area contributed by atoms with Crippen LogP contribution in [0.15, 0.2) is 24.3 Å². The fourth-order valence-corrected chi connectivity index (χ4v) is 1.96. The Kier molecular flexibility index (Phi) is 3.81. The summed E-state index contributed by atoms with van der Waals surface area (Å²) >= 11 is 4.84. The summed E-state index contributed by atoms with van der Waals surface area (Å²) in [4.78, 5) is 14.5. The van der Waals surface area contributed by atoms with Crippen molar-refractivity contribution in [2.75, 3.05) is 6.54 Å². The third kappa shape index (κ3) is 3.20. The normalized spacial score (nSPS) is 14.2. The van der Waals surface area contributed by atoms with Gasteiger partial charge in [0.1, 0.15) is 5.75 Å². The summed E-state index contributed by atoms with van der Waals surface area (Å²) < 4.78 is 0. The first-order valence-electron chi connectivity index (χ1n) is 5.96. The summed E-state index contributed by atoms with van der Waals surface area (Å²) in [6, 6.07) is 6.71. The highest BCUT2D eigenvalue weighted by Gasteiger charge is 2.32. The fraction of sp³-hybridized carbons (Fsp3) is 0.385. The summed E-state index contributed by atoms with van der Waals surface area (Å²) in [5, 5.41) is 9.40. The van der Waals surface area contributed by atoms with Crippen molar-refractivity contribution >= 4 is 23.1 Å². The van der Waals surface area contributed by atoms with Crippen LogP contribution in [-0.4, -0.2) is 33.5 Å². The molecule has 2 rings (SSSR count). The monoisotopic (exact) mass is 264 g/mol. The lowest BCUT2D eigenvalue weighted by atomic mass is 10.2. The molecule has 0 bridgehead atoms. The molecule has 4 nitrogen and oxygen atoms in total. The van der Waals surface area contributed by atoms with E-state index in [9.17, 15) is 9.90 Å². The summed E-state index contributed by atoms with van der Waals surface area (Å²) in [6.07, 6.45) is 2.60. The maximum atomic E-state index is 12.3. The minimum atomic E-state index is -0.0651. The second-order valence-electron chi connectivity index (χ2n) is 4.50. The van der Waals surface area contributed by atoms with Gasteiger partial charge in [0.15, 0.2) is 0 Å². The molecule has 0 spiro atoms. The van der Waals surface area contributed by atoms with Crippen LogP contribution in [-0.2, 0) is 0 Å². The molecule has 1 aliphatic carbocycles. The molecule has 96 valence electrons. The van der Waals surface area contributed by atoms with Crippen LogP contribution in [0.1, 0.15) is 29.6 Å². The molecule has 18 heavy (non-hydrogen) atoms.